The molecular formula is C13H7F12IO2. The summed E-state index contributed by atoms with van der Waals surface area (Å²) in [5, 5.41) is 0. The molecule has 0 amide bonds. The number of rotatable bonds is 4. The molecular weight excluding hydrogens is 543 g/mol. The Morgan fingerprint density at radius 1 is 0.607 bits per heavy atom. The second-order valence-electron chi connectivity index (χ2n) is 5.18. The Labute approximate surface area is 162 Å². The SMILES string of the molecule is COC(c1ccccc1C(OI)(C(F)(F)F)C(F)(F)F)(C(F)(F)F)C(F)(F)F. The maximum atomic E-state index is 13.4. The van der Waals surface area contributed by atoms with Gasteiger partial charge in [0.05, 0.1) is 0 Å². The van der Waals surface area contributed by atoms with E-state index in [0.717, 1.165) is 0 Å². The van der Waals surface area contributed by atoms with Crippen molar-refractivity contribution in [3.05, 3.63) is 35.4 Å². The van der Waals surface area contributed by atoms with E-state index in [0.29, 0.717) is 12.1 Å². The Morgan fingerprint density at radius 3 is 1.11 bits per heavy atom. The maximum Gasteiger partial charge on any atom is 0.431 e. The van der Waals surface area contributed by atoms with Crippen LogP contribution in [0.1, 0.15) is 11.1 Å². The molecule has 1 aromatic rings. The molecule has 0 aliphatic heterocycles. The predicted octanol–water partition coefficient (Wildman–Crippen LogP) is 6.34. The number of benzene rings is 1. The van der Waals surface area contributed by atoms with Crippen LogP contribution in [0.2, 0.25) is 0 Å². The van der Waals surface area contributed by atoms with Gasteiger partial charge in [0, 0.05) is 18.2 Å². The van der Waals surface area contributed by atoms with E-state index in [4.69, 9.17) is 0 Å². The highest BCUT2D eigenvalue weighted by molar-refractivity contribution is 14.1. The normalized spacial score (nSPS) is 15.1. The van der Waals surface area contributed by atoms with Crippen LogP contribution in [0, 0.1) is 0 Å². The molecule has 0 aliphatic carbocycles. The summed E-state index contributed by atoms with van der Waals surface area (Å²) in [6.07, 6.45) is -25.9. The summed E-state index contributed by atoms with van der Waals surface area (Å²) in [5.41, 5.74) is -15.9. The van der Waals surface area contributed by atoms with Crippen molar-refractivity contribution in [3.63, 3.8) is 0 Å². The van der Waals surface area contributed by atoms with Gasteiger partial charge in [0.25, 0.3) is 11.2 Å². The van der Waals surface area contributed by atoms with Crippen molar-refractivity contribution >= 4 is 23.0 Å². The van der Waals surface area contributed by atoms with Gasteiger partial charge in [-0.15, -0.1) is 0 Å². The lowest BCUT2D eigenvalue weighted by molar-refractivity contribution is -0.387. The molecule has 2 nitrogen and oxygen atoms in total. The van der Waals surface area contributed by atoms with Crippen LogP contribution in [0.3, 0.4) is 0 Å². The smallest absolute Gasteiger partial charge is 0.357 e. The van der Waals surface area contributed by atoms with Crippen molar-refractivity contribution in [1.29, 1.82) is 0 Å². The van der Waals surface area contributed by atoms with Gasteiger partial charge in [-0.05, 0) is 0 Å². The molecule has 0 atom stereocenters. The summed E-state index contributed by atoms with van der Waals surface area (Å²) >= 11 is 0.112. The molecule has 0 bridgehead atoms. The van der Waals surface area contributed by atoms with E-state index >= 15 is 0 Å². The van der Waals surface area contributed by atoms with Gasteiger partial charge in [-0.3, -0.25) is 3.07 Å². The lowest BCUT2D eigenvalue weighted by atomic mass is 9.80. The monoisotopic (exact) mass is 550 g/mol. The largest absolute Gasteiger partial charge is 0.431 e. The van der Waals surface area contributed by atoms with Crippen molar-refractivity contribution in [2.75, 3.05) is 7.11 Å². The van der Waals surface area contributed by atoms with E-state index in [1.54, 1.807) is 0 Å². The molecule has 162 valence electrons. The fourth-order valence-electron chi connectivity index (χ4n) is 2.50. The van der Waals surface area contributed by atoms with E-state index < -0.39 is 47.0 Å². The zero-order chi connectivity index (χ0) is 22.4. The second kappa shape index (κ2) is 7.37. The van der Waals surface area contributed by atoms with Gasteiger partial charge in [0.2, 0.25) is 0 Å². The van der Waals surface area contributed by atoms with Crippen LogP contribution in [0.25, 0.3) is 0 Å². The molecule has 1 rings (SSSR count). The number of hydrogen-bond acceptors (Lipinski definition) is 2. The first kappa shape index (κ1) is 25.1. The van der Waals surface area contributed by atoms with E-state index in [2.05, 4.69) is 7.80 Å². The van der Waals surface area contributed by atoms with Crippen molar-refractivity contribution < 1.29 is 60.5 Å². The fraction of sp³-hybridized carbons (Fsp3) is 0.538. The van der Waals surface area contributed by atoms with Crippen LogP contribution in [0.15, 0.2) is 24.3 Å². The van der Waals surface area contributed by atoms with Gasteiger partial charge in [-0.25, -0.2) is 0 Å². The van der Waals surface area contributed by atoms with E-state index in [1.165, 1.54) is 0 Å². The van der Waals surface area contributed by atoms with Crippen molar-refractivity contribution in [1.82, 2.24) is 0 Å². The molecule has 0 unspecified atom stereocenters. The standard InChI is InChI=1S/C13H7F12IO2/c1-27-8(10(14,15)16,11(17,18)19)6-4-2-3-5-7(6)9(28-26,12(20,21)22)13(23,24)25/h2-5H,1H3. The minimum atomic E-state index is -6.49. The summed E-state index contributed by atoms with van der Waals surface area (Å²) in [4.78, 5) is 0. The molecule has 0 fully saturated rings. The number of methoxy groups -OCH3 is 1. The number of hydrogen-bond donors (Lipinski definition) is 0. The van der Waals surface area contributed by atoms with Crippen LogP contribution >= 0.6 is 23.0 Å². The third-order valence-corrected chi connectivity index (χ3v) is 4.36. The summed E-state index contributed by atoms with van der Waals surface area (Å²) in [6.45, 7) is 0. The Kier molecular flexibility index (Phi) is 6.60. The second-order valence-corrected chi connectivity index (χ2v) is 5.62. The quantitative estimate of drug-likeness (QED) is 0.322. The topological polar surface area (TPSA) is 18.5 Å². The molecule has 0 N–H and O–H groups in total. The van der Waals surface area contributed by atoms with Crippen LogP contribution in [0.4, 0.5) is 52.7 Å². The fourth-order valence-corrected chi connectivity index (χ4v) is 3.24. The molecule has 0 aliphatic rings. The van der Waals surface area contributed by atoms with Crippen LogP contribution in [-0.2, 0) is 19.0 Å². The zero-order valence-corrected chi connectivity index (χ0v) is 15.2. The molecule has 0 heterocycles. The molecule has 0 radical (unpaired) electrons. The number of ether oxygens (including phenoxy) is 1. The molecule has 0 aromatic heterocycles. The van der Waals surface area contributed by atoms with Crippen molar-refractivity contribution in [2.45, 2.75) is 35.9 Å². The average molecular weight is 550 g/mol. The first-order valence-corrected chi connectivity index (χ1v) is 7.45. The molecule has 1 aromatic carbocycles. The highest BCUT2D eigenvalue weighted by atomic mass is 127. The summed E-state index contributed by atoms with van der Waals surface area (Å²) < 4.78 is 167. The summed E-state index contributed by atoms with van der Waals surface area (Å²) in [6, 6.07) is 0.407. The van der Waals surface area contributed by atoms with E-state index in [-0.39, 0.29) is 42.2 Å². The highest BCUT2D eigenvalue weighted by Crippen LogP contribution is 2.60. The van der Waals surface area contributed by atoms with Crippen LogP contribution in [0.5, 0.6) is 0 Å². The van der Waals surface area contributed by atoms with Gasteiger partial charge < -0.3 is 4.74 Å². The van der Waals surface area contributed by atoms with E-state index in [1.807, 2.05) is 0 Å². The number of alkyl halides is 12. The third-order valence-electron chi connectivity index (χ3n) is 3.70. The predicted molar refractivity (Wildman–Crippen MR) is 76.1 cm³/mol. The minimum Gasteiger partial charge on any atom is -0.357 e. The minimum absolute atomic E-state index is 0.112. The maximum absolute atomic E-state index is 13.4. The van der Waals surface area contributed by atoms with Gasteiger partial charge in [0.1, 0.15) is 23.0 Å². The lowest BCUT2D eigenvalue weighted by Crippen LogP contribution is -2.60. The van der Waals surface area contributed by atoms with Gasteiger partial charge in [-0.2, -0.15) is 52.7 Å². The first-order chi connectivity index (χ1) is 12.3. The zero-order valence-electron chi connectivity index (χ0n) is 13.0. The molecule has 0 spiro atoms. The Hall–Kier alpha value is -0.970. The molecule has 0 saturated carbocycles. The first-order valence-electron chi connectivity index (χ1n) is 6.57. The lowest BCUT2D eigenvalue weighted by Gasteiger charge is -2.41. The average Bonchev–Trinajstić information content (AvgIpc) is 2.45. The summed E-state index contributed by atoms with van der Waals surface area (Å²) in [5.74, 6) is 0. The highest BCUT2D eigenvalue weighted by Gasteiger charge is 2.79. The Bertz CT molecular complexity index is 601. The molecule has 15 heteroatoms. The van der Waals surface area contributed by atoms with Crippen LogP contribution in [-0.4, -0.2) is 31.8 Å². The van der Waals surface area contributed by atoms with Crippen molar-refractivity contribution in [2.24, 2.45) is 0 Å². The van der Waals surface area contributed by atoms with Crippen LogP contribution < -0.4 is 0 Å². The van der Waals surface area contributed by atoms with Gasteiger partial charge >= 0.3 is 24.7 Å². The number of halogens is 13. The Morgan fingerprint density at radius 2 is 0.893 bits per heavy atom. The van der Waals surface area contributed by atoms with Gasteiger partial charge in [0.15, 0.2) is 0 Å². The summed E-state index contributed by atoms with van der Waals surface area (Å²) in [7, 11) is -0.147. The third kappa shape index (κ3) is 3.53. The molecule has 28 heavy (non-hydrogen) atoms. The molecule has 0 saturated heterocycles. The van der Waals surface area contributed by atoms with E-state index in [9.17, 15) is 52.7 Å². The Balaban J connectivity index is 4.20. The van der Waals surface area contributed by atoms with Crippen molar-refractivity contribution in [3.8, 4) is 0 Å². The van der Waals surface area contributed by atoms with Gasteiger partial charge in [-0.1, -0.05) is 24.3 Å².